The van der Waals surface area contributed by atoms with Gasteiger partial charge in [-0.2, -0.15) is 0 Å². The van der Waals surface area contributed by atoms with E-state index in [1.807, 2.05) is 6.92 Å². The van der Waals surface area contributed by atoms with E-state index >= 15 is 0 Å². The van der Waals surface area contributed by atoms with E-state index in [1.54, 1.807) is 12.1 Å². The second-order valence-corrected chi connectivity index (χ2v) is 8.47. The molecule has 108 valence electrons. The van der Waals surface area contributed by atoms with Crippen LogP contribution in [0.3, 0.4) is 0 Å². The van der Waals surface area contributed by atoms with Gasteiger partial charge in [0.2, 0.25) is 14.9 Å². The van der Waals surface area contributed by atoms with Gasteiger partial charge in [-0.25, -0.2) is 21.5 Å². The van der Waals surface area contributed by atoms with Crippen molar-refractivity contribution in [2.45, 2.75) is 22.7 Å². The maximum Gasteiger partial charge on any atom is 0.227 e. The summed E-state index contributed by atoms with van der Waals surface area (Å²) in [5.41, 5.74) is 0.935. The number of hydrogen-bond donors (Lipinski definition) is 0. The van der Waals surface area contributed by atoms with E-state index in [0.29, 0.717) is 0 Å². The lowest BCUT2D eigenvalue weighted by Crippen LogP contribution is -2.09. The largest absolute Gasteiger partial charge is 0.236 e. The molecule has 0 fully saturated rings. The van der Waals surface area contributed by atoms with E-state index in [0.717, 1.165) is 22.7 Å². The van der Waals surface area contributed by atoms with Gasteiger partial charge in [0.1, 0.15) is 5.88 Å². The zero-order chi connectivity index (χ0) is 15.0. The molecular weight excluding hydrogens is 302 g/mol. The molecule has 2 aromatic rings. The minimum Gasteiger partial charge on any atom is -0.236 e. The van der Waals surface area contributed by atoms with Crippen LogP contribution in [0.5, 0.6) is 0 Å². The number of nitrogens with zero attached hydrogens (tertiary/aromatic N) is 3. The van der Waals surface area contributed by atoms with Crippen molar-refractivity contribution >= 4 is 19.7 Å². The van der Waals surface area contributed by atoms with Crippen LogP contribution < -0.4 is 0 Å². The molecule has 1 aromatic heterocycles. The SMILES string of the molecule is Cc1ccc(S(=O)(=O)c2cn(CS(C)(=O)=O)nn2)cc1. The zero-order valence-corrected chi connectivity index (χ0v) is 12.5. The molecule has 20 heavy (non-hydrogen) atoms. The Kier molecular flexibility index (Phi) is 3.65. The van der Waals surface area contributed by atoms with Crippen molar-refractivity contribution in [3.8, 4) is 0 Å². The summed E-state index contributed by atoms with van der Waals surface area (Å²) >= 11 is 0. The van der Waals surface area contributed by atoms with Crippen LogP contribution >= 0.6 is 0 Å². The first-order chi connectivity index (χ1) is 9.18. The van der Waals surface area contributed by atoms with Crippen LogP contribution in [0.2, 0.25) is 0 Å². The third-order valence-corrected chi connectivity index (χ3v) is 4.86. The highest BCUT2D eigenvalue weighted by Gasteiger charge is 2.22. The summed E-state index contributed by atoms with van der Waals surface area (Å²) < 4.78 is 47.8. The lowest BCUT2D eigenvalue weighted by Gasteiger charge is -2.00. The third kappa shape index (κ3) is 3.23. The first kappa shape index (κ1) is 14.7. The number of hydrogen-bond acceptors (Lipinski definition) is 6. The predicted octanol–water partition coefficient (Wildman–Crippen LogP) is 0.421. The Morgan fingerprint density at radius 3 is 2.25 bits per heavy atom. The molecule has 1 aromatic carbocycles. The predicted molar refractivity (Wildman–Crippen MR) is 71.5 cm³/mol. The Labute approximate surface area is 117 Å². The van der Waals surface area contributed by atoms with Crippen molar-refractivity contribution in [3.05, 3.63) is 36.0 Å². The van der Waals surface area contributed by atoms with Crippen LogP contribution in [-0.2, 0) is 25.6 Å². The Hall–Kier alpha value is -1.74. The summed E-state index contributed by atoms with van der Waals surface area (Å²) in [6.07, 6.45) is 2.14. The van der Waals surface area contributed by atoms with Gasteiger partial charge in [-0.3, -0.25) is 0 Å². The second-order valence-electron chi connectivity index (χ2n) is 4.47. The Morgan fingerprint density at radius 1 is 1.10 bits per heavy atom. The van der Waals surface area contributed by atoms with Crippen LogP contribution in [0.15, 0.2) is 40.4 Å². The normalized spacial score (nSPS) is 12.5. The van der Waals surface area contributed by atoms with E-state index < -0.39 is 25.6 Å². The maximum atomic E-state index is 12.3. The van der Waals surface area contributed by atoms with Crippen molar-refractivity contribution in [2.24, 2.45) is 0 Å². The Morgan fingerprint density at radius 2 is 1.70 bits per heavy atom. The summed E-state index contributed by atoms with van der Waals surface area (Å²) in [7, 11) is -7.09. The number of aryl methyl sites for hydroxylation is 1. The molecule has 0 N–H and O–H groups in total. The molecule has 0 aliphatic carbocycles. The molecule has 0 aliphatic heterocycles. The molecule has 1 heterocycles. The van der Waals surface area contributed by atoms with Gasteiger partial charge in [-0.05, 0) is 19.1 Å². The summed E-state index contributed by atoms with van der Waals surface area (Å²) in [6, 6.07) is 6.29. The van der Waals surface area contributed by atoms with Crippen molar-refractivity contribution in [1.29, 1.82) is 0 Å². The van der Waals surface area contributed by atoms with Crippen LogP contribution in [0.4, 0.5) is 0 Å². The van der Waals surface area contributed by atoms with Gasteiger partial charge in [0.25, 0.3) is 0 Å². The van der Waals surface area contributed by atoms with E-state index in [2.05, 4.69) is 10.3 Å². The molecule has 2 rings (SSSR count). The van der Waals surface area contributed by atoms with Crippen LogP contribution in [-0.4, -0.2) is 38.1 Å². The number of benzene rings is 1. The van der Waals surface area contributed by atoms with Gasteiger partial charge in [0.15, 0.2) is 9.84 Å². The molecule has 0 atom stereocenters. The molecule has 0 amide bonds. The molecule has 0 aliphatic rings. The van der Waals surface area contributed by atoms with E-state index in [1.165, 1.54) is 12.1 Å². The van der Waals surface area contributed by atoms with Gasteiger partial charge in [0, 0.05) is 6.26 Å². The van der Waals surface area contributed by atoms with Crippen molar-refractivity contribution in [1.82, 2.24) is 15.0 Å². The number of rotatable bonds is 4. The zero-order valence-electron chi connectivity index (χ0n) is 10.9. The van der Waals surface area contributed by atoms with Gasteiger partial charge in [-0.15, -0.1) is 5.10 Å². The van der Waals surface area contributed by atoms with Crippen LogP contribution in [0, 0.1) is 6.92 Å². The summed E-state index contributed by atoms with van der Waals surface area (Å²) in [4.78, 5) is 0.0921. The third-order valence-electron chi connectivity index (χ3n) is 2.49. The van der Waals surface area contributed by atoms with Crippen LogP contribution in [0.25, 0.3) is 0 Å². The molecule has 7 nitrogen and oxygen atoms in total. The maximum absolute atomic E-state index is 12.3. The highest BCUT2D eigenvalue weighted by atomic mass is 32.2. The number of aromatic nitrogens is 3. The molecule has 9 heteroatoms. The Balaban J connectivity index is 2.38. The molecule has 0 saturated carbocycles. The summed E-state index contributed by atoms with van der Waals surface area (Å²) in [5, 5.41) is 6.78. The summed E-state index contributed by atoms with van der Waals surface area (Å²) in [5.74, 6) is -0.413. The minimum absolute atomic E-state index is 0.0921. The highest BCUT2D eigenvalue weighted by molar-refractivity contribution is 7.91. The van der Waals surface area contributed by atoms with Crippen LogP contribution in [0.1, 0.15) is 5.56 Å². The topological polar surface area (TPSA) is 99.0 Å². The lowest BCUT2D eigenvalue weighted by molar-refractivity contribution is 0.577. The van der Waals surface area contributed by atoms with Crippen molar-refractivity contribution < 1.29 is 16.8 Å². The minimum atomic E-state index is -3.78. The monoisotopic (exact) mass is 315 g/mol. The fraction of sp³-hybridized carbons (Fsp3) is 0.273. The first-order valence-corrected chi connectivity index (χ1v) is 9.12. The second kappa shape index (κ2) is 4.98. The highest BCUT2D eigenvalue weighted by Crippen LogP contribution is 2.18. The molecule has 0 unspecified atom stereocenters. The van der Waals surface area contributed by atoms with E-state index in [4.69, 9.17) is 0 Å². The lowest BCUT2D eigenvalue weighted by atomic mass is 10.2. The fourth-order valence-electron chi connectivity index (χ4n) is 1.55. The quantitative estimate of drug-likeness (QED) is 0.811. The molecular formula is C11H13N3O4S2. The molecule has 0 saturated heterocycles. The molecule has 0 spiro atoms. The first-order valence-electron chi connectivity index (χ1n) is 5.58. The van der Waals surface area contributed by atoms with Crippen molar-refractivity contribution in [3.63, 3.8) is 0 Å². The smallest absolute Gasteiger partial charge is 0.227 e. The van der Waals surface area contributed by atoms with E-state index in [9.17, 15) is 16.8 Å². The van der Waals surface area contributed by atoms with Crippen molar-refractivity contribution in [2.75, 3.05) is 6.26 Å². The average Bonchev–Trinajstić information content (AvgIpc) is 2.76. The number of sulfone groups is 2. The Bertz CT molecular complexity index is 821. The molecule has 0 radical (unpaired) electrons. The summed E-state index contributed by atoms with van der Waals surface area (Å²) in [6.45, 7) is 1.85. The average molecular weight is 315 g/mol. The standard InChI is InChI=1S/C11H13N3O4S2/c1-9-3-5-10(6-4-9)20(17,18)11-7-14(13-12-11)8-19(2,15)16/h3-7H,8H2,1-2H3. The van der Waals surface area contributed by atoms with Gasteiger partial charge >= 0.3 is 0 Å². The van der Waals surface area contributed by atoms with Gasteiger partial charge in [-0.1, -0.05) is 22.9 Å². The molecule has 0 bridgehead atoms. The van der Waals surface area contributed by atoms with E-state index in [-0.39, 0.29) is 9.92 Å². The van der Waals surface area contributed by atoms with Gasteiger partial charge in [0.05, 0.1) is 11.1 Å². The van der Waals surface area contributed by atoms with Gasteiger partial charge < -0.3 is 0 Å². The fourth-order valence-corrected chi connectivity index (χ4v) is 3.29.